The van der Waals surface area contributed by atoms with Crippen molar-refractivity contribution in [1.82, 2.24) is 0 Å². The van der Waals surface area contributed by atoms with Gasteiger partial charge in [0.15, 0.2) is 0 Å². The third-order valence-electron chi connectivity index (χ3n) is 2.73. The van der Waals surface area contributed by atoms with Crippen LogP contribution in [0.4, 0.5) is 0 Å². The molecule has 0 heterocycles. The highest BCUT2D eigenvalue weighted by Crippen LogP contribution is 2.23. The molecule has 0 aliphatic carbocycles. The molecule has 0 saturated carbocycles. The molecule has 1 rings (SSSR count). The van der Waals surface area contributed by atoms with E-state index in [9.17, 15) is 0 Å². The lowest BCUT2D eigenvalue weighted by Gasteiger charge is -2.12. The van der Waals surface area contributed by atoms with Crippen molar-refractivity contribution in [3.8, 4) is 5.75 Å². The molecule has 0 aliphatic heterocycles. The lowest BCUT2D eigenvalue weighted by molar-refractivity contribution is 0.309. The molecule has 1 unspecified atom stereocenters. The minimum Gasteiger partial charge on any atom is -0.494 e. The van der Waals surface area contributed by atoms with Gasteiger partial charge in [0.2, 0.25) is 0 Å². The lowest BCUT2D eigenvalue weighted by atomic mass is 9.99. The van der Waals surface area contributed by atoms with E-state index < -0.39 is 0 Å². The summed E-state index contributed by atoms with van der Waals surface area (Å²) in [5.41, 5.74) is 2.60. The fraction of sp³-hybridized carbons (Fsp3) is 0.533. The molecule has 0 amide bonds. The molecule has 0 bridgehead atoms. The number of aryl methyl sites for hydroxylation is 1. The monoisotopic (exact) mass is 219 g/mol. The second kappa shape index (κ2) is 6.57. The Morgan fingerprint density at radius 1 is 1.25 bits per heavy atom. The largest absolute Gasteiger partial charge is 0.494 e. The van der Waals surface area contributed by atoms with Gasteiger partial charge in [0.1, 0.15) is 5.75 Å². The van der Waals surface area contributed by atoms with Crippen LogP contribution in [-0.2, 0) is 6.42 Å². The second-order valence-corrected chi connectivity index (χ2v) is 4.37. The number of benzene rings is 1. The second-order valence-electron chi connectivity index (χ2n) is 4.37. The third kappa shape index (κ3) is 3.88. The first-order valence-electron chi connectivity index (χ1n) is 6.27. The van der Waals surface area contributed by atoms with E-state index in [1.165, 1.54) is 17.5 Å². The predicted molar refractivity (Wildman–Crippen MR) is 70.0 cm³/mol. The van der Waals surface area contributed by atoms with Crippen LogP contribution in [-0.4, -0.2) is 6.61 Å². The Labute approximate surface area is 99.8 Å². The Hall–Kier alpha value is -0.980. The van der Waals surface area contributed by atoms with Crippen LogP contribution < -0.4 is 4.74 Å². The molecule has 0 aromatic heterocycles. The summed E-state index contributed by atoms with van der Waals surface area (Å²) in [5.74, 6) is 1.32. The quantitative estimate of drug-likeness (QED) is 0.646. The maximum Gasteiger partial charge on any atom is 0.119 e. The summed E-state index contributed by atoms with van der Waals surface area (Å²) >= 11 is 0. The summed E-state index contributed by atoms with van der Waals surface area (Å²) < 4.78 is 5.75. The van der Waals surface area contributed by atoms with Crippen molar-refractivity contribution in [2.45, 2.75) is 46.0 Å². The lowest BCUT2D eigenvalue weighted by Crippen LogP contribution is -1.99. The zero-order chi connectivity index (χ0) is 12.0. The van der Waals surface area contributed by atoms with Crippen LogP contribution in [0, 0.1) is 6.92 Å². The minimum atomic E-state index is 0.319. The maximum absolute atomic E-state index is 5.75. The van der Waals surface area contributed by atoms with Gasteiger partial charge in [0, 0.05) is 0 Å². The topological polar surface area (TPSA) is 9.23 Å². The van der Waals surface area contributed by atoms with E-state index in [-0.39, 0.29) is 0 Å². The van der Waals surface area contributed by atoms with Crippen molar-refractivity contribution < 1.29 is 4.74 Å². The predicted octanol–water partition coefficient (Wildman–Crippen LogP) is 4.37. The molecule has 0 fully saturated rings. The van der Waals surface area contributed by atoms with Crippen LogP contribution in [0.3, 0.4) is 0 Å². The zero-order valence-corrected chi connectivity index (χ0v) is 10.8. The molecule has 1 aromatic rings. The first kappa shape index (κ1) is 13.1. The summed E-state index contributed by atoms with van der Waals surface area (Å²) in [6, 6.07) is 6.48. The van der Waals surface area contributed by atoms with E-state index in [1.807, 2.05) is 0 Å². The van der Waals surface area contributed by atoms with Gasteiger partial charge in [-0.1, -0.05) is 33.3 Å². The van der Waals surface area contributed by atoms with Crippen LogP contribution >= 0.6 is 0 Å². The van der Waals surface area contributed by atoms with Crippen molar-refractivity contribution in [2.75, 3.05) is 6.61 Å². The molecule has 1 nitrogen and oxygen atoms in total. The van der Waals surface area contributed by atoms with Crippen LogP contribution in [0.15, 0.2) is 18.2 Å². The van der Waals surface area contributed by atoms with Crippen LogP contribution in [0.2, 0.25) is 0 Å². The summed E-state index contributed by atoms with van der Waals surface area (Å²) in [6.07, 6.45) is 3.34. The third-order valence-corrected chi connectivity index (χ3v) is 2.73. The molecule has 1 radical (unpaired) electrons. The molecule has 1 aromatic carbocycles. The minimum absolute atomic E-state index is 0.319. The fourth-order valence-electron chi connectivity index (χ4n) is 1.59. The van der Waals surface area contributed by atoms with Crippen molar-refractivity contribution in [2.24, 2.45) is 0 Å². The van der Waals surface area contributed by atoms with E-state index in [0.717, 1.165) is 25.2 Å². The van der Waals surface area contributed by atoms with E-state index in [2.05, 4.69) is 45.9 Å². The van der Waals surface area contributed by atoms with Gasteiger partial charge in [-0.05, 0) is 48.9 Å². The van der Waals surface area contributed by atoms with Gasteiger partial charge in [-0.25, -0.2) is 0 Å². The molecule has 0 N–H and O–H groups in total. The average molecular weight is 219 g/mol. The average Bonchev–Trinajstić information content (AvgIpc) is 2.29. The molecular formula is C15H23O. The molecular weight excluding hydrogens is 196 g/mol. The molecule has 0 spiro atoms. The summed E-state index contributed by atoms with van der Waals surface area (Å²) in [7, 11) is 0. The molecule has 1 heteroatoms. The number of rotatable bonds is 6. The Bertz CT molecular complexity index is 315. The number of hydrogen-bond donors (Lipinski definition) is 0. The van der Waals surface area contributed by atoms with Crippen LogP contribution in [0.5, 0.6) is 5.75 Å². The van der Waals surface area contributed by atoms with Gasteiger partial charge >= 0.3 is 0 Å². The summed E-state index contributed by atoms with van der Waals surface area (Å²) in [6.45, 7) is 11.3. The maximum atomic E-state index is 5.75. The van der Waals surface area contributed by atoms with Crippen molar-refractivity contribution in [3.05, 3.63) is 36.2 Å². The van der Waals surface area contributed by atoms with Gasteiger partial charge in [0.25, 0.3) is 0 Å². The van der Waals surface area contributed by atoms with Gasteiger partial charge in [0.05, 0.1) is 6.61 Å². The van der Waals surface area contributed by atoms with E-state index >= 15 is 0 Å². The highest BCUT2D eigenvalue weighted by atomic mass is 16.5. The molecule has 0 aliphatic rings. The highest BCUT2D eigenvalue weighted by molar-refractivity contribution is 5.36. The Morgan fingerprint density at radius 3 is 2.56 bits per heavy atom. The highest BCUT2D eigenvalue weighted by Gasteiger charge is 2.04. The number of ether oxygens (including phenoxy) is 1. The van der Waals surface area contributed by atoms with Crippen molar-refractivity contribution >= 4 is 0 Å². The first-order chi connectivity index (χ1) is 7.67. The number of hydrogen-bond acceptors (Lipinski definition) is 1. The van der Waals surface area contributed by atoms with E-state index in [1.54, 1.807) is 0 Å². The van der Waals surface area contributed by atoms with Crippen LogP contribution in [0.25, 0.3) is 0 Å². The zero-order valence-electron chi connectivity index (χ0n) is 10.8. The summed E-state index contributed by atoms with van der Waals surface area (Å²) in [4.78, 5) is 0. The SMILES string of the molecule is [CH2]C(C)c1cc(CC)cc(OCCCC)c1. The Kier molecular flexibility index (Phi) is 5.37. The molecule has 16 heavy (non-hydrogen) atoms. The van der Waals surface area contributed by atoms with Gasteiger partial charge in [-0.15, -0.1) is 0 Å². The number of unbranched alkanes of at least 4 members (excludes halogenated alkanes) is 1. The van der Waals surface area contributed by atoms with Crippen molar-refractivity contribution in [1.29, 1.82) is 0 Å². The normalized spacial score (nSPS) is 10.8. The van der Waals surface area contributed by atoms with Gasteiger partial charge in [-0.3, -0.25) is 0 Å². The molecule has 0 saturated heterocycles. The Morgan fingerprint density at radius 2 is 2.00 bits per heavy atom. The smallest absolute Gasteiger partial charge is 0.119 e. The van der Waals surface area contributed by atoms with E-state index in [0.29, 0.717) is 5.92 Å². The molecule has 89 valence electrons. The van der Waals surface area contributed by atoms with Gasteiger partial charge < -0.3 is 4.74 Å². The fourth-order valence-corrected chi connectivity index (χ4v) is 1.59. The Balaban J connectivity index is 2.78. The van der Waals surface area contributed by atoms with Crippen molar-refractivity contribution in [3.63, 3.8) is 0 Å². The van der Waals surface area contributed by atoms with E-state index in [4.69, 9.17) is 4.74 Å². The molecule has 1 atom stereocenters. The summed E-state index contributed by atoms with van der Waals surface area (Å²) in [5, 5.41) is 0. The van der Waals surface area contributed by atoms with Crippen LogP contribution in [0.1, 0.15) is 50.7 Å². The first-order valence-corrected chi connectivity index (χ1v) is 6.27. The standard InChI is InChI=1S/C15H23O/c1-5-7-8-16-15-10-13(6-2)9-14(11-15)12(3)4/h9-12H,3,5-8H2,1-2,4H3. The van der Waals surface area contributed by atoms with Gasteiger partial charge in [-0.2, -0.15) is 0 Å².